The largest absolute Gasteiger partial charge is 0.445 e. The van der Waals surface area contributed by atoms with Gasteiger partial charge in [-0.2, -0.15) is 0 Å². The molecule has 0 unspecified atom stereocenters. The molecule has 0 saturated heterocycles. The molecule has 2 aromatic rings. The minimum Gasteiger partial charge on any atom is -0.445 e. The number of carbonyl (C=O) groups is 2. The van der Waals surface area contributed by atoms with Gasteiger partial charge >= 0.3 is 12.2 Å². The summed E-state index contributed by atoms with van der Waals surface area (Å²) in [4.78, 5) is 25.8. The smallest absolute Gasteiger partial charge is 0.410 e. The van der Waals surface area contributed by atoms with Crippen molar-refractivity contribution in [3.8, 4) is 0 Å². The lowest BCUT2D eigenvalue weighted by Gasteiger charge is -2.24. The van der Waals surface area contributed by atoms with E-state index in [0.717, 1.165) is 22.3 Å². The highest BCUT2D eigenvalue weighted by atomic mass is 16.6. The topological polar surface area (TPSA) is 67.9 Å². The molecule has 29 heavy (non-hydrogen) atoms. The second-order valence-electron chi connectivity index (χ2n) is 8.18. The number of benzene rings is 2. The Bertz CT molecular complexity index is 859. The fourth-order valence-corrected chi connectivity index (χ4v) is 3.14. The van der Waals surface area contributed by atoms with Gasteiger partial charge < -0.3 is 14.8 Å². The minimum absolute atomic E-state index is 0.256. The zero-order valence-electron chi connectivity index (χ0n) is 17.2. The summed E-state index contributed by atoms with van der Waals surface area (Å²) < 4.78 is 10.7. The molecule has 0 spiro atoms. The van der Waals surface area contributed by atoms with Crippen molar-refractivity contribution < 1.29 is 19.1 Å². The van der Waals surface area contributed by atoms with E-state index in [0.29, 0.717) is 26.1 Å². The minimum atomic E-state index is -0.502. The predicted octanol–water partition coefficient (Wildman–Crippen LogP) is 4.41. The lowest BCUT2D eigenvalue weighted by molar-refractivity contribution is 0.0241. The number of hydrogen-bond acceptors (Lipinski definition) is 4. The molecule has 0 atom stereocenters. The maximum Gasteiger partial charge on any atom is 0.410 e. The molecule has 0 bridgehead atoms. The van der Waals surface area contributed by atoms with Crippen molar-refractivity contribution in [2.24, 2.45) is 0 Å². The Hall–Kier alpha value is -3.02. The van der Waals surface area contributed by atoms with Gasteiger partial charge in [0.1, 0.15) is 12.2 Å². The van der Waals surface area contributed by atoms with Gasteiger partial charge in [-0.05, 0) is 49.4 Å². The second kappa shape index (κ2) is 8.99. The van der Waals surface area contributed by atoms with Crippen LogP contribution in [-0.4, -0.2) is 29.2 Å². The van der Waals surface area contributed by atoms with Crippen LogP contribution in [0.2, 0.25) is 0 Å². The van der Waals surface area contributed by atoms with Crippen LogP contribution in [-0.2, 0) is 35.6 Å². The predicted molar refractivity (Wildman–Crippen MR) is 110 cm³/mol. The summed E-state index contributed by atoms with van der Waals surface area (Å²) in [5, 5.41) is 2.78. The van der Waals surface area contributed by atoms with Crippen LogP contribution < -0.4 is 5.32 Å². The molecule has 1 heterocycles. The number of carbonyl (C=O) groups excluding carboxylic acids is 2. The maximum absolute atomic E-state index is 12.3. The lowest BCUT2D eigenvalue weighted by atomic mass is 10.0. The fraction of sp³-hybridized carbons (Fsp3) is 0.391. The van der Waals surface area contributed by atoms with Crippen molar-refractivity contribution in [1.29, 1.82) is 0 Å². The SMILES string of the molecule is CC(C)(C)OC(=O)N1Cc2ccc(CCNC(=O)OCc3ccccc3)cc2C1. The van der Waals surface area contributed by atoms with E-state index in [9.17, 15) is 9.59 Å². The molecule has 1 N–H and O–H groups in total. The summed E-state index contributed by atoms with van der Waals surface area (Å²) in [6.07, 6.45) is -0.0237. The number of ether oxygens (including phenoxy) is 2. The molecule has 1 aliphatic heterocycles. The van der Waals surface area contributed by atoms with E-state index in [1.807, 2.05) is 63.2 Å². The van der Waals surface area contributed by atoms with E-state index in [-0.39, 0.29) is 12.7 Å². The standard InChI is InChI=1S/C23H28N2O4/c1-23(2,3)29-22(27)25-14-19-10-9-17(13-20(19)15-25)11-12-24-21(26)28-16-18-7-5-4-6-8-18/h4-10,13H,11-12,14-16H2,1-3H3,(H,24,26). The quantitative estimate of drug-likeness (QED) is 0.813. The number of nitrogens with one attached hydrogen (secondary N) is 1. The summed E-state index contributed by atoms with van der Waals surface area (Å²) in [6.45, 7) is 7.45. The first-order valence-electron chi connectivity index (χ1n) is 9.83. The van der Waals surface area contributed by atoms with E-state index >= 15 is 0 Å². The summed E-state index contributed by atoms with van der Waals surface area (Å²) in [5.41, 5.74) is 3.82. The normalized spacial score (nSPS) is 13.0. The Balaban J connectivity index is 1.44. The average molecular weight is 396 g/mol. The van der Waals surface area contributed by atoms with Gasteiger partial charge in [0, 0.05) is 19.6 Å². The molecule has 0 radical (unpaired) electrons. The van der Waals surface area contributed by atoms with Crippen LogP contribution in [0.15, 0.2) is 48.5 Å². The number of alkyl carbamates (subject to hydrolysis) is 1. The molecule has 154 valence electrons. The third-order valence-corrected chi connectivity index (χ3v) is 4.54. The third kappa shape index (κ3) is 6.24. The van der Waals surface area contributed by atoms with Gasteiger partial charge in [-0.15, -0.1) is 0 Å². The van der Waals surface area contributed by atoms with Gasteiger partial charge in [-0.25, -0.2) is 9.59 Å². The highest BCUT2D eigenvalue weighted by Crippen LogP contribution is 2.25. The molecular formula is C23H28N2O4. The zero-order valence-corrected chi connectivity index (χ0v) is 17.2. The number of amides is 2. The highest BCUT2D eigenvalue weighted by molar-refractivity contribution is 5.69. The molecule has 0 saturated carbocycles. The zero-order chi connectivity index (χ0) is 20.9. The van der Waals surface area contributed by atoms with E-state index in [1.54, 1.807) is 4.90 Å². The summed E-state index contributed by atoms with van der Waals surface area (Å²) >= 11 is 0. The molecule has 0 fully saturated rings. The number of rotatable bonds is 5. The van der Waals surface area contributed by atoms with Gasteiger partial charge in [0.25, 0.3) is 0 Å². The molecule has 0 aromatic heterocycles. The van der Waals surface area contributed by atoms with Crippen molar-refractivity contribution in [3.63, 3.8) is 0 Å². The van der Waals surface area contributed by atoms with Crippen molar-refractivity contribution in [1.82, 2.24) is 10.2 Å². The Morgan fingerprint density at radius 1 is 1.00 bits per heavy atom. The number of hydrogen-bond donors (Lipinski definition) is 1. The first-order chi connectivity index (χ1) is 13.8. The first kappa shape index (κ1) is 20.7. The van der Waals surface area contributed by atoms with Crippen molar-refractivity contribution in [3.05, 3.63) is 70.8 Å². The van der Waals surface area contributed by atoms with Crippen LogP contribution >= 0.6 is 0 Å². The van der Waals surface area contributed by atoms with Crippen LogP contribution in [0, 0.1) is 0 Å². The van der Waals surface area contributed by atoms with Gasteiger partial charge in [-0.1, -0.05) is 48.5 Å². The van der Waals surface area contributed by atoms with Crippen molar-refractivity contribution in [2.75, 3.05) is 6.54 Å². The van der Waals surface area contributed by atoms with E-state index in [4.69, 9.17) is 9.47 Å². The van der Waals surface area contributed by atoms with Crippen LogP contribution in [0.4, 0.5) is 9.59 Å². The van der Waals surface area contributed by atoms with Gasteiger partial charge in [0.2, 0.25) is 0 Å². The summed E-state index contributed by atoms with van der Waals surface area (Å²) in [7, 11) is 0. The van der Waals surface area contributed by atoms with Crippen LogP contribution in [0.1, 0.15) is 43.0 Å². The Kier molecular flexibility index (Phi) is 6.42. The molecule has 1 aliphatic rings. The summed E-state index contributed by atoms with van der Waals surface area (Å²) in [6, 6.07) is 15.8. The van der Waals surface area contributed by atoms with Gasteiger partial charge in [0.15, 0.2) is 0 Å². The average Bonchev–Trinajstić information content (AvgIpc) is 3.09. The Morgan fingerprint density at radius 2 is 1.72 bits per heavy atom. The van der Waals surface area contributed by atoms with Gasteiger partial charge in [-0.3, -0.25) is 4.90 Å². The van der Waals surface area contributed by atoms with Crippen LogP contribution in [0.5, 0.6) is 0 Å². The fourth-order valence-electron chi connectivity index (χ4n) is 3.14. The summed E-state index contributed by atoms with van der Waals surface area (Å²) in [5.74, 6) is 0. The van der Waals surface area contributed by atoms with Crippen LogP contribution in [0.25, 0.3) is 0 Å². The van der Waals surface area contributed by atoms with E-state index in [1.165, 1.54) is 0 Å². The molecule has 0 aliphatic carbocycles. The van der Waals surface area contributed by atoms with Crippen molar-refractivity contribution in [2.45, 2.75) is 52.5 Å². The molecule has 2 aromatic carbocycles. The highest BCUT2D eigenvalue weighted by Gasteiger charge is 2.27. The van der Waals surface area contributed by atoms with Crippen LogP contribution in [0.3, 0.4) is 0 Å². The lowest BCUT2D eigenvalue weighted by Crippen LogP contribution is -2.33. The number of fused-ring (bicyclic) bond motifs is 1. The maximum atomic E-state index is 12.3. The number of nitrogens with zero attached hydrogens (tertiary/aromatic N) is 1. The van der Waals surface area contributed by atoms with Crippen molar-refractivity contribution >= 4 is 12.2 Å². The third-order valence-electron chi connectivity index (χ3n) is 4.54. The molecule has 3 rings (SSSR count). The molecular weight excluding hydrogens is 368 g/mol. The van der Waals surface area contributed by atoms with E-state index < -0.39 is 11.7 Å². The van der Waals surface area contributed by atoms with E-state index in [2.05, 4.69) is 11.4 Å². The van der Waals surface area contributed by atoms with Gasteiger partial charge in [0.05, 0.1) is 0 Å². The Morgan fingerprint density at radius 3 is 2.45 bits per heavy atom. The Labute approximate surface area is 171 Å². The first-order valence-corrected chi connectivity index (χ1v) is 9.83. The monoisotopic (exact) mass is 396 g/mol. The molecule has 6 nitrogen and oxygen atoms in total. The molecule has 2 amide bonds. The second-order valence-corrected chi connectivity index (χ2v) is 8.18. The molecule has 6 heteroatoms.